The van der Waals surface area contributed by atoms with Crippen molar-refractivity contribution < 1.29 is 17.9 Å². The van der Waals surface area contributed by atoms with Gasteiger partial charge in [0.2, 0.25) is 10.0 Å². The number of para-hydroxylation sites is 1. The van der Waals surface area contributed by atoms with E-state index in [4.69, 9.17) is 9.47 Å². The fraction of sp³-hybridized carbons (Fsp3) is 0.500. The first-order chi connectivity index (χ1) is 9.15. The van der Waals surface area contributed by atoms with Crippen LogP contribution in [0.25, 0.3) is 0 Å². The summed E-state index contributed by atoms with van der Waals surface area (Å²) >= 11 is 0. The van der Waals surface area contributed by atoms with Crippen molar-refractivity contribution in [3.05, 3.63) is 18.2 Å². The minimum atomic E-state index is -3.56. The highest BCUT2D eigenvalue weighted by Crippen LogP contribution is 2.36. The zero-order valence-electron chi connectivity index (χ0n) is 10.8. The Morgan fingerprint density at radius 2 is 2.00 bits per heavy atom. The predicted molar refractivity (Wildman–Crippen MR) is 71.2 cm³/mol. The van der Waals surface area contributed by atoms with Gasteiger partial charge in [0.25, 0.3) is 0 Å². The predicted octanol–water partition coefficient (Wildman–Crippen LogP) is 0.346. The van der Waals surface area contributed by atoms with Crippen LogP contribution in [-0.4, -0.2) is 41.8 Å². The normalized spacial score (nSPS) is 14.4. The van der Waals surface area contributed by atoms with Gasteiger partial charge < -0.3 is 14.8 Å². The molecule has 2 rings (SSSR count). The first-order valence-electron chi connectivity index (χ1n) is 6.18. The van der Waals surface area contributed by atoms with Crippen LogP contribution in [-0.2, 0) is 10.0 Å². The van der Waals surface area contributed by atoms with Crippen molar-refractivity contribution in [1.82, 2.24) is 10.0 Å². The number of fused-ring (bicyclic) bond motifs is 1. The van der Waals surface area contributed by atoms with E-state index in [1.807, 2.05) is 7.05 Å². The zero-order valence-corrected chi connectivity index (χ0v) is 11.6. The number of nitrogens with one attached hydrogen (secondary N) is 2. The van der Waals surface area contributed by atoms with E-state index in [1.165, 1.54) is 6.07 Å². The Morgan fingerprint density at radius 3 is 2.79 bits per heavy atom. The second-order valence-corrected chi connectivity index (χ2v) is 5.87. The molecule has 106 valence electrons. The number of hydrogen-bond donors (Lipinski definition) is 2. The molecule has 1 aromatic rings. The lowest BCUT2D eigenvalue weighted by atomic mass is 10.3. The third kappa shape index (κ3) is 3.37. The van der Waals surface area contributed by atoms with Crippen molar-refractivity contribution in [2.75, 3.05) is 33.4 Å². The molecule has 0 unspecified atom stereocenters. The Kier molecular flexibility index (Phi) is 4.62. The Hall–Kier alpha value is -1.31. The van der Waals surface area contributed by atoms with Crippen LogP contribution in [0.4, 0.5) is 0 Å². The molecule has 0 atom stereocenters. The number of rotatable bonds is 6. The van der Waals surface area contributed by atoms with Gasteiger partial charge in [-0.05, 0) is 32.1 Å². The molecule has 7 heteroatoms. The van der Waals surface area contributed by atoms with E-state index in [1.54, 1.807) is 12.1 Å². The van der Waals surface area contributed by atoms with Crippen LogP contribution >= 0.6 is 0 Å². The van der Waals surface area contributed by atoms with E-state index in [0.29, 0.717) is 31.3 Å². The van der Waals surface area contributed by atoms with E-state index in [-0.39, 0.29) is 4.90 Å². The summed E-state index contributed by atoms with van der Waals surface area (Å²) < 4.78 is 37.7. The zero-order chi connectivity index (χ0) is 13.7. The van der Waals surface area contributed by atoms with Gasteiger partial charge in [-0.3, -0.25) is 0 Å². The minimum Gasteiger partial charge on any atom is -0.486 e. The molecular formula is C12H18N2O4S. The second-order valence-electron chi connectivity index (χ2n) is 4.14. The summed E-state index contributed by atoms with van der Waals surface area (Å²) in [5.41, 5.74) is 0. The Morgan fingerprint density at radius 1 is 1.21 bits per heavy atom. The minimum absolute atomic E-state index is 0.133. The maximum Gasteiger partial charge on any atom is 0.244 e. The lowest BCUT2D eigenvalue weighted by Gasteiger charge is -2.20. The topological polar surface area (TPSA) is 76.7 Å². The molecule has 19 heavy (non-hydrogen) atoms. The Labute approximate surface area is 113 Å². The first kappa shape index (κ1) is 14.1. The maximum absolute atomic E-state index is 12.2. The monoisotopic (exact) mass is 286 g/mol. The van der Waals surface area contributed by atoms with Crippen LogP contribution in [0.15, 0.2) is 23.1 Å². The molecule has 0 amide bonds. The average Bonchev–Trinajstić information content (AvgIpc) is 2.43. The third-order valence-electron chi connectivity index (χ3n) is 2.72. The molecule has 0 saturated heterocycles. The number of sulfonamides is 1. The highest BCUT2D eigenvalue weighted by Gasteiger charge is 2.24. The Bertz CT molecular complexity index is 531. The summed E-state index contributed by atoms with van der Waals surface area (Å²) in [5, 5.41) is 2.96. The van der Waals surface area contributed by atoms with Crippen LogP contribution < -0.4 is 19.5 Å². The SMILES string of the molecule is CNCCCNS(=O)(=O)c1cccc2c1OCCO2. The molecule has 6 nitrogen and oxygen atoms in total. The summed E-state index contributed by atoms with van der Waals surface area (Å²) in [4.78, 5) is 0.133. The van der Waals surface area contributed by atoms with Crippen LogP contribution in [0.5, 0.6) is 11.5 Å². The molecule has 0 aromatic heterocycles. The highest BCUT2D eigenvalue weighted by atomic mass is 32.2. The molecule has 0 spiro atoms. The van der Waals surface area contributed by atoms with Gasteiger partial charge in [-0.1, -0.05) is 6.07 Å². The molecule has 2 N–H and O–H groups in total. The van der Waals surface area contributed by atoms with Crippen molar-refractivity contribution in [1.29, 1.82) is 0 Å². The van der Waals surface area contributed by atoms with E-state index in [2.05, 4.69) is 10.0 Å². The Balaban J connectivity index is 2.16. The van der Waals surface area contributed by atoms with E-state index in [0.717, 1.165) is 13.0 Å². The smallest absolute Gasteiger partial charge is 0.244 e. The number of benzene rings is 1. The summed E-state index contributed by atoms with van der Waals surface area (Å²) in [7, 11) is -1.74. The van der Waals surface area contributed by atoms with Crippen LogP contribution in [0.2, 0.25) is 0 Å². The maximum atomic E-state index is 12.2. The fourth-order valence-electron chi connectivity index (χ4n) is 1.81. The van der Waals surface area contributed by atoms with Crippen LogP contribution in [0.1, 0.15) is 6.42 Å². The highest BCUT2D eigenvalue weighted by molar-refractivity contribution is 7.89. The van der Waals surface area contributed by atoms with Crippen molar-refractivity contribution >= 4 is 10.0 Å². The first-order valence-corrected chi connectivity index (χ1v) is 7.66. The van der Waals surface area contributed by atoms with Gasteiger partial charge in [0.15, 0.2) is 11.5 Å². The summed E-state index contributed by atoms with van der Waals surface area (Å²) in [5.74, 6) is 0.777. The molecule has 0 aliphatic carbocycles. The van der Waals surface area contributed by atoms with Crippen molar-refractivity contribution in [2.24, 2.45) is 0 Å². The van der Waals surface area contributed by atoms with Gasteiger partial charge in [-0.25, -0.2) is 13.1 Å². The van der Waals surface area contributed by atoms with E-state index < -0.39 is 10.0 Å². The van der Waals surface area contributed by atoms with Crippen LogP contribution in [0.3, 0.4) is 0 Å². The number of hydrogen-bond acceptors (Lipinski definition) is 5. The van der Waals surface area contributed by atoms with Crippen molar-refractivity contribution in [3.63, 3.8) is 0 Å². The summed E-state index contributed by atoms with van der Waals surface area (Å²) in [6.45, 7) is 1.94. The molecule has 1 aromatic carbocycles. The largest absolute Gasteiger partial charge is 0.486 e. The molecule has 1 aliphatic heterocycles. The summed E-state index contributed by atoms with van der Waals surface area (Å²) in [6, 6.07) is 4.87. The molecule has 0 radical (unpaired) electrons. The van der Waals surface area contributed by atoms with Gasteiger partial charge in [0, 0.05) is 6.54 Å². The second kappa shape index (κ2) is 6.23. The van der Waals surface area contributed by atoms with Crippen LogP contribution in [0, 0.1) is 0 Å². The number of ether oxygens (including phenoxy) is 2. The molecule has 0 fully saturated rings. The lowest BCUT2D eigenvalue weighted by molar-refractivity contribution is 0.167. The van der Waals surface area contributed by atoms with Crippen molar-refractivity contribution in [2.45, 2.75) is 11.3 Å². The molecular weight excluding hydrogens is 268 g/mol. The van der Waals surface area contributed by atoms with E-state index in [9.17, 15) is 8.42 Å². The van der Waals surface area contributed by atoms with Gasteiger partial charge in [0.05, 0.1) is 0 Å². The lowest BCUT2D eigenvalue weighted by Crippen LogP contribution is -2.28. The summed E-state index contributed by atoms with van der Waals surface area (Å²) in [6.07, 6.45) is 0.724. The fourth-order valence-corrected chi connectivity index (χ4v) is 3.04. The van der Waals surface area contributed by atoms with Gasteiger partial charge in [0.1, 0.15) is 18.1 Å². The van der Waals surface area contributed by atoms with Gasteiger partial charge in [-0.15, -0.1) is 0 Å². The van der Waals surface area contributed by atoms with Gasteiger partial charge >= 0.3 is 0 Å². The van der Waals surface area contributed by atoms with E-state index >= 15 is 0 Å². The standard InChI is InChI=1S/C12H18N2O4S/c1-13-6-3-7-14-19(15,16)11-5-2-4-10-12(11)18-9-8-17-10/h2,4-5,13-14H,3,6-9H2,1H3. The van der Waals surface area contributed by atoms with Gasteiger partial charge in [-0.2, -0.15) is 0 Å². The molecule has 0 bridgehead atoms. The third-order valence-corrected chi connectivity index (χ3v) is 4.20. The molecule has 0 saturated carbocycles. The van der Waals surface area contributed by atoms with Crippen molar-refractivity contribution in [3.8, 4) is 11.5 Å². The molecule has 1 aliphatic rings. The molecule has 1 heterocycles. The average molecular weight is 286 g/mol. The quantitative estimate of drug-likeness (QED) is 0.738.